The lowest BCUT2D eigenvalue weighted by atomic mass is 9.91. The zero-order chi connectivity index (χ0) is 18.8. The molecule has 3 nitrogen and oxygen atoms in total. The summed E-state index contributed by atoms with van der Waals surface area (Å²) < 4.78 is 0.979. The molecule has 1 aromatic rings. The summed E-state index contributed by atoms with van der Waals surface area (Å²) in [5.74, 6) is 0.107. The first-order chi connectivity index (χ1) is 10.8. The number of aryl methyl sites for hydroxylation is 1. The van der Waals surface area contributed by atoms with Gasteiger partial charge in [-0.3, -0.25) is 4.79 Å². The molecular weight excluding hydrogens is 296 g/mol. The lowest BCUT2D eigenvalue weighted by molar-refractivity contribution is -0.994. The van der Waals surface area contributed by atoms with Crippen LogP contribution in [-0.4, -0.2) is 53.6 Å². The van der Waals surface area contributed by atoms with Crippen molar-refractivity contribution < 1.29 is 9.28 Å². The first kappa shape index (κ1) is 20.7. The zero-order valence-electron chi connectivity index (χ0n) is 17.2. The minimum atomic E-state index is 0.107. The van der Waals surface area contributed by atoms with Crippen molar-refractivity contribution in [3.63, 3.8) is 0 Å². The van der Waals surface area contributed by atoms with Crippen molar-refractivity contribution in [1.29, 1.82) is 0 Å². The van der Waals surface area contributed by atoms with E-state index in [-0.39, 0.29) is 17.0 Å². The number of nitrogens with zero attached hydrogens (tertiary/aromatic N) is 2. The molecule has 3 heteroatoms. The Balaban J connectivity index is 2.71. The Morgan fingerprint density at radius 1 is 1.00 bits per heavy atom. The Hall–Kier alpha value is -1.35. The summed E-state index contributed by atoms with van der Waals surface area (Å²) in [7, 11) is 4.24. The van der Waals surface area contributed by atoms with E-state index in [0.717, 1.165) is 29.6 Å². The molecule has 0 saturated heterocycles. The molecule has 0 bridgehead atoms. The highest BCUT2D eigenvalue weighted by molar-refractivity contribution is 5.94. The van der Waals surface area contributed by atoms with Crippen LogP contribution in [0.4, 0.5) is 0 Å². The molecule has 0 aromatic heterocycles. The van der Waals surface area contributed by atoms with Crippen LogP contribution in [0.15, 0.2) is 24.3 Å². The summed E-state index contributed by atoms with van der Waals surface area (Å²) in [6, 6.07) is 7.82. The second-order valence-corrected chi connectivity index (χ2v) is 9.20. The molecule has 0 saturated carbocycles. The fraction of sp³-hybridized carbons (Fsp3) is 0.667. The van der Waals surface area contributed by atoms with Gasteiger partial charge < -0.3 is 9.38 Å². The molecule has 0 aliphatic heterocycles. The highest BCUT2D eigenvalue weighted by atomic mass is 16.2. The van der Waals surface area contributed by atoms with Crippen LogP contribution in [0.3, 0.4) is 0 Å². The van der Waals surface area contributed by atoms with E-state index >= 15 is 0 Å². The van der Waals surface area contributed by atoms with Crippen LogP contribution in [0.25, 0.3) is 0 Å². The van der Waals surface area contributed by atoms with Crippen LogP contribution in [0, 0.1) is 6.92 Å². The highest BCUT2D eigenvalue weighted by Gasteiger charge is 2.45. The van der Waals surface area contributed by atoms with Crippen molar-refractivity contribution in [3.05, 3.63) is 35.4 Å². The molecule has 0 radical (unpaired) electrons. The van der Waals surface area contributed by atoms with E-state index in [4.69, 9.17) is 0 Å². The average Bonchev–Trinajstić information content (AvgIpc) is 2.44. The molecule has 0 heterocycles. The van der Waals surface area contributed by atoms with Crippen LogP contribution in [0.2, 0.25) is 0 Å². The molecule has 0 aliphatic carbocycles. The number of amides is 1. The van der Waals surface area contributed by atoms with E-state index in [0.29, 0.717) is 0 Å². The molecule has 0 aliphatic rings. The van der Waals surface area contributed by atoms with Gasteiger partial charge in [0.1, 0.15) is 0 Å². The minimum absolute atomic E-state index is 0.107. The molecular formula is C21H37N2O+. The van der Waals surface area contributed by atoms with Crippen LogP contribution < -0.4 is 0 Å². The SMILES string of the molecule is Cc1ccc(C(=O)N(C)CCC[N+](C)(C(C)(C)C)C(C)(C)C)cc1. The molecule has 0 unspecified atom stereocenters. The van der Waals surface area contributed by atoms with Crippen molar-refractivity contribution in [2.75, 3.05) is 27.2 Å². The summed E-state index contributed by atoms with van der Waals surface area (Å²) >= 11 is 0. The van der Waals surface area contributed by atoms with Crippen molar-refractivity contribution in [3.8, 4) is 0 Å². The van der Waals surface area contributed by atoms with Gasteiger partial charge in [0.2, 0.25) is 0 Å². The summed E-state index contributed by atoms with van der Waals surface area (Å²) in [5.41, 5.74) is 2.28. The van der Waals surface area contributed by atoms with Gasteiger partial charge in [-0.15, -0.1) is 0 Å². The van der Waals surface area contributed by atoms with Crippen LogP contribution in [0.1, 0.15) is 63.9 Å². The normalized spacial score (nSPS) is 13.0. The second kappa shape index (κ2) is 7.26. The maximum Gasteiger partial charge on any atom is 0.253 e. The standard InChI is InChI=1S/C21H37N2O/c1-17-11-13-18(14-12-17)19(24)22(8)15-10-16-23(9,20(2,3)4)21(5,6)7/h11-14H,10,15-16H2,1-9H3/q+1. The zero-order valence-corrected chi connectivity index (χ0v) is 17.2. The summed E-state index contributed by atoms with van der Waals surface area (Å²) in [6.45, 7) is 17.7. The van der Waals surface area contributed by atoms with Gasteiger partial charge in [0, 0.05) is 25.6 Å². The smallest absolute Gasteiger partial charge is 0.253 e. The fourth-order valence-electron chi connectivity index (χ4n) is 3.32. The maximum absolute atomic E-state index is 12.5. The molecule has 1 aromatic carbocycles. The molecule has 24 heavy (non-hydrogen) atoms. The molecule has 0 atom stereocenters. The lowest BCUT2D eigenvalue weighted by Gasteiger charge is -2.54. The first-order valence-electron chi connectivity index (χ1n) is 8.97. The Labute approximate surface area is 149 Å². The third-order valence-corrected chi connectivity index (χ3v) is 5.71. The van der Waals surface area contributed by atoms with E-state index in [1.54, 1.807) is 0 Å². The largest absolute Gasteiger partial charge is 0.341 e. The Kier molecular flexibility index (Phi) is 6.26. The van der Waals surface area contributed by atoms with Gasteiger partial charge >= 0.3 is 0 Å². The van der Waals surface area contributed by atoms with Gasteiger partial charge in [0.15, 0.2) is 0 Å². The van der Waals surface area contributed by atoms with Crippen LogP contribution in [0.5, 0.6) is 0 Å². The van der Waals surface area contributed by atoms with Crippen molar-refractivity contribution in [2.24, 2.45) is 0 Å². The third kappa shape index (κ3) is 4.60. The van der Waals surface area contributed by atoms with E-state index in [1.165, 1.54) is 5.56 Å². The second-order valence-electron chi connectivity index (χ2n) is 9.20. The monoisotopic (exact) mass is 333 g/mol. The highest BCUT2D eigenvalue weighted by Crippen LogP contribution is 2.33. The first-order valence-corrected chi connectivity index (χ1v) is 8.97. The summed E-state index contributed by atoms with van der Waals surface area (Å²) in [4.78, 5) is 14.4. The van der Waals surface area contributed by atoms with Gasteiger partial charge in [-0.1, -0.05) is 17.7 Å². The topological polar surface area (TPSA) is 20.3 Å². The van der Waals surface area contributed by atoms with Gasteiger partial charge in [0.05, 0.1) is 24.7 Å². The van der Waals surface area contributed by atoms with Crippen LogP contribution in [-0.2, 0) is 0 Å². The number of carbonyl (C=O) groups is 1. The molecule has 136 valence electrons. The van der Waals surface area contributed by atoms with Gasteiger partial charge in [-0.05, 0) is 60.6 Å². The Bertz CT molecular complexity index is 533. The number of benzene rings is 1. The number of hydrogen-bond acceptors (Lipinski definition) is 1. The fourth-order valence-corrected chi connectivity index (χ4v) is 3.32. The summed E-state index contributed by atoms with van der Waals surface area (Å²) in [6.07, 6.45) is 0.999. The van der Waals surface area contributed by atoms with Crippen molar-refractivity contribution in [2.45, 2.75) is 66.0 Å². The summed E-state index contributed by atoms with van der Waals surface area (Å²) in [5, 5.41) is 0. The predicted molar refractivity (Wildman–Crippen MR) is 103 cm³/mol. The van der Waals surface area contributed by atoms with Gasteiger partial charge in [-0.2, -0.15) is 0 Å². The number of rotatable bonds is 5. The van der Waals surface area contributed by atoms with E-state index in [2.05, 4.69) is 48.6 Å². The third-order valence-electron chi connectivity index (χ3n) is 5.71. The molecule has 0 N–H and O–H groups in total. The molecule has 0 fully saturated rings. The Morgan fingerprint density at radius 3 is 1.88 bits per heavy atom. The van der Waals surface area contributed by atoms with E-state index in [1.807, 2.05) is 43.1 Å². The van der Waals surface area contributed by atoms with Crippen LogP contribution >= 0.6 is 0 Å². The maximum atomic E-state index is 12.5. The minimum Gasteiger partial charge on any atom is -0.341 e. The average molecular weight is 334 g/mol. The molecule has 1 amide bonds. The van der Waals surface area contributed by atoms with Crippen molar-refractivity contribution in [1.82, 2.24) is 4.90 Å². The van der Waals surface area contributed by atoms with E-state index in [9.17, 15) is 4.79 Å². The quantitative estimate of drug-likeness (QED) is 0.727. The molecule has 1 rings (SSSR count). The number of carbonyl (C=O) groups excluding carboxylic acids is 1. The number of hydrogen-bond donors (Lipinski definition) is 0. The number of quaternary nitrogens is 1. The lowest BCUT2D eigenvalue weighted by Crippen LogP contribution is -2.67. The van der Waals surface area contributed by atoms with Crippen molar-refractivity contribution >= 4 is 5.91 Å². The van der Waals surface area contributed by atoms with Gasteiger partial charge in [-0.25, -0.2) is 0 Å². The van der Waals surface area contributed by atoms with E-state index < -0.39 is 0 Å². The molecule has 0 spiro atoms. The Morgan fingerprint density at radius 2 is 1.46 bits per heavy atom. The predicted octanol–water partition coefficient (Wildman–Crippen LogP) is 4.50. The van der Waals surface area contributed by atoms with Gasteiger partial charge in [0.25, 0.3) is 5.91 Å².